The molecule has 0 fully saturated rings. The first kappa shape index (κ1) is 17.2. The molecule has 2 aromatic rings. The summed E-state index contributed by atoms with van der Waals surface area (Å²) in [4.78, 5) is 17.1. The second kappa shape index (κ2) is 7.91. The van der Waals surface area contributed by atoms with Crippen molar-refractivity contribution >= 4 is 40.0 Å². The number of amidine groups is 1. The number of halogens is 2. The van der Waals surface area contributed by atoms with Crippen LogP contribution in [0.15, 0.2) is 53.7 Å². The van der Waals surface area contributed by atoms with Gasteiger partial charge in [-0.15, -0.1) is 0 Å². The van der Waals surface area contributed by atoms with Gasteiger partial charge in [-0.2, -0.15) is 0 Å². The molecule has 5 nitrogen and oxygen atoms in total. The number of rotatable bonds is 5. The van der Waals surface area contributed by atoms with Crippen molar-refractivity contribution in [1.29, 1.82) is 0 Å². The smallest absolute Gasteiger partial charge is 0.267 e. The van der Waals surface area contributed by atoms with Crippen LogP contribution in [0.1, 0.15) is 12.5 Å². The van der Waals surface area contributed by atoms with Gasteiger partial charge in [0.1, 0.15) is 5.82 Å². The van der Waals surface area contributed by atoms with E-state index in [9.17, 15) is 9.18 Å². The molecule has 0 bridgehead atoms. The van der Waals surface area contributed by atoms with Crippen molar-refractivity contribution in [3.63, 3.8) is 0 Å². The van der Waals surface area contributed by atoms with Gasteiger partial charge in [0.2, 0.25) is 6.10 Å². The van der Waals surface area contributed by atoms with Gasteiger partial charge in [-0.1, -0.05) is 11.2 Å². The summed E-state index contributed by atoms with van der Waals surface area (Å²) in [6.07, 6.45) is -0.827. The number of benzene rings is 2. The van der Waals surface area contributed by atoms with Crippen molar-refractivity contribution in [3.05, 3.63) is 63.5 Å². The summed E-state index contributed by atoms with van der Waals surface area (Å²) in [5.41, 5.74) is 6.92. The number of oxime groups is 1. The molecule has 0 saturated heterocycles. The maximum absolute atomic E-state index is 12.8. The van der Waals surface area contributed by atoms with Gasteiger partial charge in [-0.25, -0.2) is 4.39 Å². The lowest BCUT2D eigenvalue weighted by Gasteiger charge is -2.11. The normalized spacial score (nSPS) is 12.6. The number of hydrogen-bond donors (Lipinski definition) is 2. The quantitative estimate of drug-likeness (QED) is 0.333. The highest BCUT2D eigenvalue weighted by molar-refractivity contribution is 14.1. The van der Waals surface area contributed by atoms with Crippen LogP contribution in [0.4, 0.5) is 10.1 Å². The largest absolute Gasteiger partial charge is 0.381 e. The van der Waals surface area contributed by atoms with Crippen LogP contribution in [0.3, 0.4) is 0 Å². The Morgan fingerprint density at radius 1 is 1.30 bits per heavy atom. The van der Waals surface area contributed by atoms with Crippen LogP contribution in [-0.4, -0.2) is 17.8 Å². The lowest BCUT2D eigenvalue weighted by molar-refractivity contribution is -0.126. The number of hydrogen-bond acceptors (Lipinski definition) is 3. The number of nitrogens with two attached hydrogens (primary N) is 1. The zero-order valence-electron chi connectivity index (χ0n) is 12.3. The molecule has 1 amide bonds. The van der Waals surface area contributed by atoms with E-state index in [1.54, 1.807) is 13.0 Å². The molecule has 23 heavy (non-hydrogen) atoms. The van der Waals surface area contributed by atoms with E-state index >= 15 is 0 Å². The van der Waals surface area contributed by atoms with E-state index in [-0.39, 0.29) is 17.6 Å². The second-order valence-corrected chi connectivity index (χ2v) is 5.98. The summed E-state index contributed by atoms with van der Waals surface area (Å²) < 4.78 is 13.8. The molecule has 3 N–H and O–H groups in total. The first-order valence-corrected chi connectivity index (χ1v) is 7.85. The van der Waals surface area contributed by atoms with Gasteiger partial charge in [-0.05, 0) is 72.0 Å². The molecule has 0 aliphatic carbocycles. The predicted molar refractivity (Wildman–Crippen MR) is 95.5 cm³/mol. The molecule has 0 aliphatic heterocycles. The van der Waals surface area contributed by atoms with Gasteiger partial charge < -0.3 is 15.9 Å². The number of anilines is 1. The third kappa shape index (κ3) is 5.20. The number of nitrogens with one attached hydrogen (secondary N) is 1. The fourth-order valence-corrected chi connectivity index (χ4v) is 2.21. The molecule has 0 heterocycles. The van der Waals surface area contributed by atoms with Crippen LogP contribution < -0.4 is 11.1 Å². The van der Waals surface area contributed by atoms with Gasteiger partial charge >= 0.3 is 0 Å². The predicted octanol–water partition coefficient (Wildman–Crippen LogP) is 3.09. The fourth-order valence-electron chi connectivity index (χ4n) is 1.67. The number of carbonyl (C=O) groups excluding carboxylic acids is 1. The monoisotopic (exact) mass is 427 g/mol. The molecular formula is C16H15FIN3O2. The molecule has 2 rings (SSSR count). The average molecular weight is 427 g/mol. The molecule has 2 aromatic carbocycles. The second-order valence-electron chi connectivity index (χ2n) is 4.73. The lowest BCUT2D eigenvalue weighted by Crippen LogP contribution is -2.27. The van der Waals surface area contributed by atoms with Crippen LogP contribution >= 0.6 is 22.6 Å². The number of amides is 1. The third-order valence-electron chi connectivity index (χ3n) is 2.91. The minimum Gasteiger partial charge on any atom is -0.381 e. The van der Waals surface area contributed by atoms with Crippen molar-refractivity contribution in [2.75, 3.05) is 5.32 Å². The molecule has 0 radical (unpaired) electrons. The average Bonchev–Trinajstić information content (AvgIpc) is 2.53. The number of carbonyl (C=O) groups is 1. The molecule has 0 aliphatic rings. The Bertz CT molecular complexity index is 720. The Labute approximate surface area is 146 Å². The zero-order chi connectivity index (χ0) is 16.8. The SMILES string of the molecule is CC(ON=C(N)c1ccc(F)cc1)C(=O)Nc1cccc(I)c1. The third-order valence-corrected chi connectivity index (χ3v) is 3.58. The molecule has 0 saturated carbocycles. The van der Waals surface area contributed by atoms with E-state index in [1.165, 1.54) is 24.3 Å². The van der Waals surface area contributed by atoms with Crippen molar-refractivity contribution in [3.8, 4) is 0 Å². The van der Waals surface area contributed by atoms with E-state index < -0.39 is 6.10 Å². The minimum atomic E-state index is -0.827. The van der Waals surface area contributed by atoms with Crippen molar-refractivity contribution in [2.45, 2.75) is 13.0 Å². The maximum atomic E-state index is 12.8. The van der Waals surface area contributed by atoms with Crippen molar-refractivity contribution in [2.24, 2.45) is 10.9 Å². The Hall–Kier alpha value is -2.16. The zero-order valence-corrected chi connectivity index (χ0v) is 14.5. The van der Waals surface area contributed by atoms with E-state index in [1.807, 2.05) is 18.2 Å². The van der Waals surface area contributed by atoms with Crippen LogP contribution in [0.25, 0.3) is 0 Å². The molecule has 0 aromatic heterocycles. The molecule has 7 heteroatoms. The van der Waals surface area contributed by atoms with E-state index in [4.69, 9.17) is 10.6 Å². The summed E-state index contributed by atoms with van der Waals surface area (Å²) in [7, 11) is 0. The molecule has 120 valence electrons. The minimum absolute atomic E-state index is 0.0684. The highest BCUT2D eigenvalue weighted by Crippen LogP contribution is 2.13. The standard InChI is InChI=1S/C16H15FIN3O2/c1-10(16(22)20-14-4-2-3-13(18)9-14)23-21-15(19)11-5-7-12(17)8-6-11/h2-10H,1H3,(H2,19,21)(H,20,22). The molecular weight excluding hydrogens is 412 g/mol. The summed E-state index contributed by atoms with van der Waals surface area (Å²) in [5.74, 6) is -0.644. The van der Waals surface area contributed by atoms with Gasteiger partial charge in [-0.3, -0.25) is 4.79 Å². The Morgan fingerprint density at radius 3 is 2.65 bits per heavy atom. The lowest BCUT2D eigenvalue weighted by atomic mass is 10.2. The van der Waals surface area contributed by atoms with Gasteiger partial charge in [0, 0.05) is 14.8 Å². The van der Waals surface area contributed by atoms with Gasteiger partial charge in [0.15, 0.2) is 5.84 Å². The van der Waals surface area contributed by atoms with Crippen LogP contribution in [0, 0.1) is 9.39 Å². The van der Waals surface area contributed by atoms with Crippen molar-refractivity contribution < 1.29 is 14.0 Å². The highest BCUT2D eigenvalue weighted by Gasteiger charge is 2.15. The van der Waals surface area contributed by atoms with Crippen LogP contribution in [0.2, 0.25) is 0 Å². The summed E-state index contributed by atoms with van der Waals surface area (Å²) in [6.45, 7) is 1.56. The van der Waals surface area contributed by atoms with Gasteiger partial charge in [0.25, 0.3) is 5.91 Å². The summed E-state index contributed by atoms with van der Waals surface area (Å²) in [5, 5.41) is 6.44. The Morgan fingerprint density at radius 2 is 2.00 bits per heavy atom. The molecule has 0 spiro atoms. The first-order chi connectivity index (χ1) is 11.0. The first-order valence-electron chi connectivity index (χ1n) is 6.77. The molecule has 1 atom stereocenters. The maximum Gasteiger partial charge on any atom is 0.267 e. The summed E-state index contributed by atoms with van der Waals surface area (Å²) in [6, 6.07) is 12.9. The summed E-state index contributed by atoms with van der Waals surface area (Å²) >= 11 is 2.16. The van der Waals surface area contributed by atoms with Gasteiger partial charge in [0.05, 0.1) is 0 Å². The molecule has 1 unspecified atom stereocenters. The highest BCUT2D eigenvalue weighted by atomic mass is 127. The van der Waals surface area contributed by atoms with Crippen LogP contribution in [0.5, 0.6) is 0 Å². The van der Waals surface area contributed by atoms with E-state index in [0.29, 0.717) is 11.3 Å². The number of nitrogens with zero attached hydrogens (tertiary/aromatic N) is 1. The Kier molecular flexibility index (Phi) is 5.91. The van der Waals surface area contributed by atoms with Crippen molar-refractivity contribution in [1.82, 2.24) is 0 Å². The van der Waals surface area contributed by atoms with E-state index in [0.717, 1.165) is 3.57 Å². The Balaban J connectivity index is 1.95. The topological polar surface area (TPSA) is 76.7 Å². The van der Waals surface area contributed by atoms with E-state index in [2.05, 4.69) is 33.1 Å². The fraction of sp³-hybridized carbons (Fsp3) is 0.125. The van der Waals surface area contributed by atoms with Crippen LogP contribution in [-0.2, 0) is 9.63 Å².